The summed E-state index contributed by atoms with van der Waals surface area (Å²) in [5.74, 6) is -0.324. The number of halogens is 7. The molecule has 0 spiro atoms. The Balaban J connectivity index is 2.50. The first-order chi connectivity index (χ1) is 14.4. The third kappa shape index (κ3) is 11.7. The summed E-state index contributed by atoms with van der Waals surface area (Å²) in [5, 5.41) is 5.07. The molecule has 0 aliphatic rings. The van der Waals surface area contributed by atoms with E-state index in [1.165, 1.54) is 32.1 Å². The van der Waals surface area contributed by atoms with Crippen LogP contribution in [0.2, 0.25) is 5.02 Å². The zero-order chi connectivity index (χ0) is 23.5. The number of nitrogens with one attached hydrogen (secondary N) is 2. The van der Waals surface area contributed by atoms with Crippen LogP contribution in [0, 0.1) is 0 Å². The first-order valence-corrected chi connectivity index (χ1v) is 12.0. The number of unbranched alkanes of at least 4 members (excludes halogenated alkanes) is 8. The highest BCUT2D eigenvalue weighted by Crippen LogP contribution is 2.36. The zero-order valence-electron chi connectivity index (χ0n) is 17.4. The molecular formula is C21H29Cl4F3N2O. The predicted octanol–water partition coefficient (Wildman–Crippen LogP) is 8.50. The van der Waals surface area contributed by atoms with Gasteiger partial charge in [-0.2, -0.15) is 13.2 Å². The van der Waals surface area contributed by atoms with Gasteiger partial charge in [-0.25, -0.2) is 0 Å². The van der Waals surface area contributed by atoms with Crippen molar-refractivity contribution in [3.63, 3.8) is 0 Å². The highest BCUT2D eigenvalue weighted by molar-refractivity contribution is 6.68. The number of hydrogen-bond donors (Lipinski definition) is 2. The average molecular weight is 524 g/mol. The van der Waals surface area contributed by atoms with Gasteiger partial charge in [-0.3, -0.25) is 4.79 Å². The second-order valence-electron chi connectivity index (χ2n) is 7.46. The number of amides is 1. The summed E-state index contributed by atoms with van der Waals surface area (Å²) >= 11 is 23.7. The fraction of sp³-hybridized carbons (Fsp3) is 0.667. The molecule has 0 aliphatic carbocycles. The molecule has 0 unspecified atom stereocenters. The lowest BCUT2D eigenvalue weighted by atomic mass is 10.1. The van der Waals surface area contributed by atoms with E-state index in [-0.39, 0.29) is 23.0 Å². The Morgan fingerprint density at radius 1 is 0.968 bits per heavy atom. The van der Waals surface area contributed by atoms with E-state index in [1.54, 1.807) is 0 Å². The van der Waals surface area contributed by atoms with Crippen molar-refractivity contribution in [1.29, 1.82) is 0 Å². The van der Waals surface area contributed by atoms with E-state index in [9.17, 15) is 18.0 Å². The minimum Gasteiger partial charge on any atom is -0.361 e. The smallest absolute Gasteiger partial charge is 0.361 e. The molecule has 10 heteroatoms. The number of hydrogen-bond acceptors (Lipinski definition) is 2. The summed E-state index contributed by atoms with van der Waals surface area (Å²) in [7, 11) is 0. The zero-order valence-corrected chi connectivity index (χ0v) is 20.5. The maximum atomic E-state index is 12.8. The van der Waals surface area contributed by atoms with Crippen LogP contribution in [-0.2, 0) is 11.0 Å². The van der Waals surface area contributed by atoms with E-state index < -0.39 is 21.7 Å². The normalized spacial score (nSPS) is 13.2. The lowest BCUT2D eigenvalue weighted by Crippen LogP contribution is -2.49. The van der Waals surface area contributed by atoms with Crippen molar-refractivity contribution in [3.05, 3.63) is 28.8 Å². The first-order valence-electron chi connectivity index (χ1n) is 10.4. The minimum atomic E-state index is -4.53. The van der Waals surface area contributed by atoms with Crippen LogP contribution in [0.25, 0.3) is 0 Å². The summed E-state index contributed by atoms with van der Waals surface area (Å²) in [4.78, 5) is 12.3. The Bertz CT molecular complexity index is 682. The monoisotopic (exact) mass is 522 g/mol. The van der Waals surface area contributed by atoms with Gasteiger partial charge in [-0.05, 0) is 24.6 Å². The second-order valence-corrected chi connectivity index (χ2v) is 10.2. The fourth-order valence-electron chi connectivity index (χ4n) is 2.99. The number of rotatable bonds is 13. The number of carbonyl (C=O) groups excluding carboxylic acids is 1. The molecule has 0 saturated carbocycles. The summed E-state index contributed by atoms with van der Waals surface area (Å²) in [6, 6.07) is 2.75. The lowest BCUT2D eigenvalue weighted by Gasteiger charge is -2.28. The summed E-state index contributed by atoms with van der Waals surface area (Å²) < 4.78 is 36.4. The summed E-state index contributed by atoms with van der Waals surface area (Å²) in [6.45, 7) is 2.19. The van der Waals surface area contributed by atoms with Crippen LogP contribution >= 0.6 is 46.4 Å². The molecule has 1 aromatic rings. The molecule has 0 aliphatic heterocycles. The van der Waals surface area contributed by atoms with Gasteiger partial charge in [0.25, 0.3) is 0 Å². The molecule has 1 amide bonds. The third-order valence-corrected chi connectivity index (χ3v) is 5.70. The second kappa shape index (κ2) is 13.9. The van der Waals surface area contributed by atoms with Gasteiger partial charge in [0.15, 0.2) is 0 Å². The molecule has 1 atom stereocenters. The van der Waals surface area contributed by atoms with Gasteiger partial charge in [0.1, 0.15) is 6.17 Å². The minimum absolute atomic E-state index is 0.106. The molecule has 0 aromatic heterocycles. The molecule has 31 heavy (non-hydrogen) atoms. The van der Waals surface area contributed by atoms with Crippen LogP contribution in [0.1, 0.15) is 76.7 Å². The van der Waals surface area contributed by atoms with Crippen LogP contribution < -0.4 is 10.6 Å². The predicted molar refractivity (Wildman–Crippen MR) is 124 cm³/mol. The van der Waals surface area contributed by atoms with Crippen molar-refractivity contribution < 1.29 is 18.0 Å². The van der Waals surface area contributed by atoms with E-state index in [0.29, 0.717) is 6.42 Å². The van der Waals surface area contributed by atoms with E-state index in [4.69, 9.17) is 46.4 Å². The van der Waals surface area contributed by atoms with Gasteiger partial charge in [-0.15, -0.1) is 0 Å². The van der Waals surface area contributed by atoms with Crippen molar-refractivity contribution in [1.82, 2.24) is 5.32 Å². The maximum absolute atomic E-state index is 12.8. The van der Waals surface area contributed by atoms with Crippen LogP contribution in [-0.4, -0.2) is 15.9 Å². The molecule has 0 radical (unpaired) electrons. The highest BCUT2D eigenvalue weighted by atomic mass is 35.6. The molecule has 1 rings (SSSR count). The SMILES string of the molecule is CCCCCCCCCCCC(=O)N[C@H](Nc1ccc(C(F)(F)F)cc1Cl)C(Cl)(Cl)Cl. The van der Waals surface area contributed by atoms with Crippen molar-refractivity contribution in [2.75, 3.05) is 5.32 Å². The van der Waals surface area contributed by atoms with Crippen LogP contribution in [0.4, 0.5) is 18.9 Å². The third-order valence-electron chi connectivity index (χ3n) is 4.74. The Hall–Kier alpha value is -0.560. The number of alkyl halides is 6. The van der Waals surface area contributed by atoms with Gasteiger partial charge in [0, 0.05) is 6.42 Å². The van der Waals surface area contributed by atoms with Gasteiger partial charge in [-0.1, -0.05) is 105 Å². The highest BCUT2D eigenvalue weighted by Gasteiger charge is 2.35. The molecule has 0 fully saturated rings. The van der Waals surface area contributed by atoms with Crippen molar-refractivity contribution in [3.8, 4) is 0 Å². The molecular weight excluding hydrogens is 495 g/mol. The molecule has 2 N–H and O–H groups in total. The van der Waals surface area contributed by atoms with Gasteiger partial charge in [0.2, 0.25) is 9.70 Å². The molecule has 1 aromatic carbocycles. The lowest BCUT2D eigenvalue weighted by molar-refractivity contribution is -0.137. The van der Waals surface area contributed by atoms with Crippen molar-refractivity contribution in [2.45, 2.75) is 87.3 Å². The summed E-state index contributed by atoms with van der Waals surface area (Å²) in [6.07, 6.45) is 4.63. The van der Waals surface area contributed by atoms with Crippen molar-refractivity contribution >= 4 is 58.0 Å². The van der Waals surface area contributed by atoms with Gasteiger partial charge in [0.05, 0.1) is 16.3 Å². The average Bonchev–Trinajstić information content (AvgIpc) is 2.66. The molecule has 0 bridgehead atoms. The topological polar surface area (TPSA) is 41.1 Å². The first kappa shape index (κ1) is 28.5. The Morgan fingerprint density at radius 2 is 1.52 bits per heavy atom. The number of anilines is 1. The molecule has 3 nitrogen and oxygen atoms in total. The van der Waals surface area contributed by atoms with E-state index in [1.807, 2.05) is 0 Å². The Labute approximate surface area is 202 Å². The molecule has 0 heterocycles. The standard InChI is InChI=1S/C21H29Cl4F3N2O/c1-2-3-4-5-6-7-8-9-10-11-18(31)30-19(20(23,24)25)29-17-13-12-15(14-16(17)22)21(26,27)28/h12-14,19,29H,2-11H2,1H3,(H,30,31)/t19-/m0/s1. The van der Waals surface area contributed by atoms with Gasteiger partial charge >= 0.3 is 6.18 Å². The largest absolute Gasteiger partial charge is 0.416 e. The van der Waals surface area contributed by atoms with Crippen molar-refractivity contribution in [2.24, 2.45) is 0 Å². The quantitative estimate of drug-likeness (QED) is 0.154. The maximum Gasteiger partial charge on any atom is 0.416 e. The summed E-state index contributed by atoms with van der Waals surface area (Å²) in [5.41, 5.74) is -0.794. The van der Waals surface area contributed by atoms with Crippen LogP contribution in [0.5, 0.6) is 0 Å². The fourth-order valence-corrected chi connectivity index (χ4v) is 3.56. The van der Waals surface area contributed by atoms with Crippen LogP contribution in [0.15, 0.2) is 18.2 Å². The van der Waals surface area contributed by atoms with Crippen LogP contribution in [0.3, 0.4) is 0 Å². The number of benzene rings is 1. The number of carbonyl (C=O) groups is 1. The molecule has 178 valence electrons. The van der Waals surface area contributed by atoms with E-state index in [2.05, 4.69) is 17.6 Å². The Morgan fingerprint density at radius 3 is 2.00 bits per heavy atom. The van der Waals surface area contributed by atoms with Gasteiger partial charge < -0.3 is 10.6 Å². The van der Waals surface area contributed by atoms with E-state index >= 15 is 0 Å². The Kier molecular flexibility index (Phi) is 12.7. The van der Waals surface area contributed by atoms with E-state index in [0.717, 1.165) is 37.5 Å². The molecule has 0 saturated heterocycles.